The molecule has 3 aromatic rings. The number of hydrogen-bond donors (Lipinski definition) is 4. The van der Waals surface area contributed by atoms with Crippen molar-refractivity contribution in [1.82, 2.24) is 10.3 Å². The predicted octanol–water partition coefficient (Wildman–Crippen LogP) is 5.05. The summed E-state index contributed by atoms with van der Waals surface area (Å²) in [5.41, 5.74) is -0.226. The van der Waals surface area contributed by atoms with E-state index in [-0.39, 0.29) is 32.6 Å². The number of rotatable bonds is 4. The highest BCUT2D eigenvalue weighted by atomic mass is 79.9. The Morgan fingerprint density at radius 1 is 1.03 bits per heavy atom. The fourth-order valence-electron chi connectivity index (χ4n) is 2.28. The molecule has 162 valence electrons. The van der Waals surface area contributed by atoms with E-state index in [0.29, 0.717) is 5.69 Å². The van der Waals surface area contributed by atoms with Crippen molar-refractivity contribution in [3.63, 3.8) is 0 Å². The predicted molar refractivity (Wildman–Crippen MR) is 112 cm³/mol. The van der Waals surface area contributed by atoms with Crippen LogP contribution in [-0.2, 0) is 6.18 Å². The van der Waals surface area contributed by atoms with Crippen LogP contribution in [-0.4, -0.2) is 26.5 Å². The summed E-state index contributed by atoms with van der Waals surface area (Å²) in [6, 6.07) is 8.18. The third kappa shape index (κ3) is 5.67. The first-order valence-electron chi connectivity index (χ1n) is 8.19. The molecule has 4 N–H and O–H groups in total. The number of halogens is 5. The number of benzene rings is 2. The van der Waals surface area contributed by atoms with Crippen LogP contribution in [0.3, 0.4) is 0 Å². The van der Waals surface area contributed by atoms with Gasteiger partial charge in [-0.3, -0.25) is 0 Å². The minimum atomic E-state index is -4.45. The quantitative estimate of drug-likeness (QED) is 0.0949. The number of oxime groups is 1. The molecule has 3 rings (SSSR count). The fraction of sp³-hybridized carbons (Fsp3) is 0.0588. The lowest BCUT2D eigenvalue weighted by Gasteiger charge is -2.11. The van der Waals surface area contributed by atoms with Gasteiger partial charge in [0.15, 0.2) is 10.8 Å². The molecule has 0 amide bonds. The van der Waals surface area contributed by atoms with Gasteiger partial charge in [0, 0.05) is 11.4 Å². The smallest absolute Gasteiger partial charge is 0.409 e. The van der Waals surface area contributed by atoms with E-state index in [9.17, 15) is 22.8 Å². The minimum Gasteiger partial charge on any atom is -0.409 e. The Hall–Kier alpha value is -3.26. The van der Waals surface area contributed by atoms with Crippen LogP contribution in [0.4, 0.5) is 34.8 Å². The molecule has 0 saturated heterocycles. The molecule has 2 aromatic carbocycles. The number of thiocarbonyl (C=S) groups is 1. The SMILES string of the molecule is O/N=C(\Nc1ccc(F)c(Br)c1)c1nonc1NC(=S)Nc1ccc(C(F)(F)F)cc1. The van der Waals surface area contributed by atoms with Gasteiger partial charge in [-0.2, -0.15) is 13.2 Å². The van der Waals surface area contributed by atoms with Crippen molar-refractivity contribution < 1.29 is 27.4 Å². The summed E-state index contributed by atoms with van der Waals surface area (Å²) in [5.74, 6) is -0.733. The molecule has 0 aliphatic heterocycles. The van der Waals surface area contributed by atoms with Gasteiger partial charge < -0.3 is 21.2 Å². The maximum absolute atomic E-state index is 13.4. The van der Waals surface area contributed by atoms with Gasteiger partial charge in [0.25, 0.3) is 0 Å². The van der Waals surface area contributed by atoms with Gasteiger partial charge in [0.1, 0.15) is 5.82 Å². The lowest BCUT2D eigenvalue weighted by molar-refractivity contribution is -0.137. The molecule has 0 radical (unpaired) electrons. The van der Waals surface area contributed by atoms with Crippen molar-refractivity contribution >= 4 is 56.3 Å². The van der Waals surface area contributed by atoms with Gasteiger partial charge in [0.05, 0.1) is 10.0 Å². The van der Waals surface area contributed by atoms with Crippen molar-refractivity contribution in [2.24, 2.45) is 5.16 Å². The van der Waals surface area contributed by atoms with Gasteiger partial charge in [-0.25, -0.2) is 9.02 Å². The number of nitrogens with one attached hydrogen (secondary N) is 3. The number of aromatic nitrogens is 2. The molecule has 1 aromatic heterocycles. The largest absolute Gasteiger partial charge is 0.416 e. The zero-order valence-corrected chi connectivity index (χ0v) is 17.4. The first-order chi connectivity index (χ1) is 14.7. The molecule has 1 heterocycles. The van der Waals surface area contributed by atoms with E-state index in [1.165, 1.54) is 30.3 Å². The first-order valence-corrected chi connectivity index (χ1v) is 9.40. The Labute approximate surface area is 185 Å². The Kier molecular flexibility index (Phi) is 6.70. The maximum Gasteiger partial charge on any atom is 0.416 e. The van der Waals surface area contributed by atoms with Gasteiger partial charge in [-0.05, 0) is 80.9 Å². The number of hydrogen-bond acceptors (Lipinski definition) is 6. The molecule has 14 heteroatoms. The summed E-state index contributed by atoms with van der Waals surface area (Å²) >= 11 is 8.15. The van der Waals surface area contributed by atoms with Crippen LogP contribution in [0, 0.1) is 5.82 Å². The van der Waals surface area contributed by atoms with Crippen molar-refractivity contribution in [2.45, 2.75) is 6.18 Å². The van der Waals surface area contributed by atoms with Crippen molar-refractivity contribution in [3.05, 3.63) is 64.0 Å². The second-order valence-corrected chi connectivity index (χ2v) is 7.08. The second kappa shape index (κ2) is 9.26. The topological polar surface area (TPSA) is 108 Å². The van der Waals surface area contributed by atoms with Crippen LogP contribution in [0.1, 0.15) is 11.3 Å². The molecule has 0 atom stereocenters. The van der Waals surface area contributed by atoms with E-state index in [1.54, 1.807) is 0 Å². The molecule has 0 aliphatic rings. The van der Waals surface area contributed by atoms with E-state index in [0.717, 1.165) is 12.1 Å². The lowest BCUT2D eigenvalue weighted by Crippen LogP contribution is -2.22. The van der Waals surface area contributed by atoms with Crippen molar-refractivity contribution in [2.75, 3.05) is 16.0 Å². The zero-order valence-electron chi connectivity index (χ0n) is 15.0. The molecular formula is C17H11BrF4N6O2S. The fourth-order valence-corrected chi connectivity index (χ4v) is 2.87. The van der Waals surface area contributed by atoms with E-state index < -0.39 is 17.6 Å². The Bertz CT molecular complexity index is 1120. The summed E-state index contributed by atoms with van der Waals surface area (Å²) in [5, 5.41) is 27.6. The summed E-state index contributed by atoms with van der Waals surface area (Å²) in [6.07, 6.45) is -4.45. The third-order valence-corrected chi connectivity index (χ3v) is 4.51. The second-order valence-electron chi connectivity index (χ2n) is 5.82. The van der Waals surface area contributed by atoms with Crippen LogP contribution in [0.2, 0.25) is 0 Å². The number of anilines is 3. The van der Waals surface area contributed by atoms with Crippen molar-refractivity contribution in [1.29, 1.82) is 0 Å². The summed E-state index contributed by atoms with van der Waals surface area (Å²) in [4.78, 5) is 0. The molecular weight excluding hydrogens is 508 g/mol. The average molecular weight is 519 g/mol. The van der Waals surface area contributed by atoms with Gasteiger partial charge in [0.2, 0.25) is 11.7 Å². The van der Waals surface area contributed by atoms with Crippen LogP contribution < -0.4 is 16.0 Å². The normalized spacial score (nSPS) is 11.8. The zero-order chi connectivity index (χ0) is 22.6. The van der Waals surface area contributed by atoms with Crippen LogP contribution in [0.15, 0.2) is 56.7 Å². The molecule has 0 spiro atoms. The molecule has 0 fully saturated rings. The highest BCUT2D eigenvalue weighted by Gasteiger charge is 2.30. The molecule has 0 unspecified atom stereocenters. The van der Waals surface area contributed by atoms with E-state index >= 15 is 0 Å². The minimum absolute atomic E-state index is 0.0430. The average Bonchev–Trinajstić information content (AvgIpc) is 3.16. The highest BCUT2D eigenvalue weighted by Crippen LogP contribution is 2.30. The molecule has 8 nitrogen and oxygen atoms in total. The lowest BCUT2D eigenvalue weighted by atomic mass is 10.2. The van der Waals surface area contributed by atoms with Gasteiger partial charge >= 0.3 is 6.18 Å². The molecule has 0 bridgehead atoms. The third-order valence-electron chi connectivity index (χ3n) is 3.70. The standard InChI is InChI=1S/C17H11BrF4N6O2S/c18-11-7-10(5-6-12(11)19)23-14(26-29)13-15(28-30-27-13)25-16(31)24-9-3-1-8(2-4-9)17(20,21)22/h1-7,29H,(H,23,26)(H2,24,25,28,31). The summed E-state index contributed by atoms with van der Waals surface area (Å²) in [6.45, 7) is 0. The van der Waals surface area contributed by atoms with Gasteiger partial charge in [-0.15, -0.1) is 0 Å². The highest BCUT2D eigenvalue weighted by molar-refractivity contribution is 9.10. The summed E-state index contributed by atoms with van der Waals surface area (Å²) in [7, 11) is 0. The Morgan fingerprint density at radius 2 is 1.71 bits per heavy atom. The number of amidine groups is 1. The first kappa shape index (κ1) is 22.4. The Morgan fingerprint density at radius 3 is 2.32 bits per heavy atom. The van der Waals surface area contributed by atoms with Crippen molar-refractivity contribution in [3.8, 4) is 0 Å². The van der Waals surface area contributed by atoms with E-state index in [4.69, 9.17) is 12.2 Å². The van der Waals surface area contributed by atoms with E-state index in [2.05, 4.69) is 52.0 Å². The monoisotopic (exact) mass is 518 g/mol. The van der Waals surface area contributed by atoms with Crippen LogP contribution >= 0.6 is 28.1 Å². The van der Waals surface area contributed by atoms with Crippen LogP contribution in [0.5, 0.6) is 0 Å². The molecule has 31 heavy (non-hydrogen) atoms. The molecule has 0 saturated carbocycles. The summed E-state index contributed by atoms with van der Waals surface area (Å²) < 4.78 is 56.1. The van der Waals surface area contributed by atoms with Gasteiger partial charge in [-0.1, -0.05) is 5.16 Å². The molecule has 0 aliphatic carbocycles. The number of nitrogens with zero attached hydrogens (tertiary/aromatic N) is 3. The maximum atomic E-state index is 13.4. The number of alkyl halides is 3. The van der Waals surface area contributed by atoms with Crippen LogP contribution in [0.25, 0.3) is 0 Å². The van der Waals surface area contributed by atoms with E-state index in [1.807, 2.05) is 0 Å². The Balaban J connectivity index is 1.70.